The number of rotatable bonds is 6. The molecule has 3 aliphatic heterocycles. The summed E-state index contributed by atoms with van der Waals surface area (Å²) in [5.41, 5.74) is 2.20. The molecule has 0 bridgehead atoms. The monoisotopic (exact) mass is 497 g/mol. The van der Waals surface area contributed by atoms with Crippen molar-refractivity contribution < 1.29 is 33.6 Å². The molecule has 2 aromatic carbocycles. The third-order valence-electron chi connectivity index (χ3n) is 6.87. The van der Waals surface area contributed by atoms with Crippen LogP contribution in [0.15, 0.2) is 42.5 Å². The smallest absolute Gasteiger partial charge is 0.323 e. The summed E-state index contributed by atoms with van der Waals surface area (Å²) in [6.07, 6.45) is -0.372. The van der Waals surface area contributed by atoms with E-state index in [1.165, 1.54) is 0 Å². The Bertz CT molecular complexity index is 1090. The van der Waals surface area contributed by atoms with Gasteiger partial charge in [0.1, 0.15) is 23.7 Å². The third kappa shape index (κ3) is 5.25. The fourth-order valence-corrected chi connectivity index (χ4v) is 5.07. The zero-order chi connectivity index (χ0) is 25.1. The predicted octanol–water partition coefficient (Wildman–Crippen LogP) is 2.58. The van der Waals surface area contributed by atoms with Crippen LogP contribution in [-0.2, 0) is 14.3 Å². The van der Waals surface area contributed by atoms with Crippen LogP contribution in [0.3, 0.4) is 0 Å². The van der Waals surface area contributed by atoms with E-state index in [4.69, 9.17) is 18.9 Å². The first kappa shape index (κ1) is 24.4. The molecule has 0 radical (unpaired) electrons. The van der Waals surface area contributed by atoms with Crippen molar-refractivity contribution in [1.82, 2.24) is 4.90 Å². The Morgan fingerprint density at radius 1 is 1.08 bits per heavy atom. The van der Waals surface area contributed by atoms with Crippen LogP contribution in [0.4, 0.5) is 16.2 Å². The highest BCUT2D eigenvalue weighted by Crippen LogP contribution is 2.47. The molecule has 3 heterocycles. The van der Waals surface area contributed by atoms with E-state index in [9.17, 15) is 14.7 Å². The molecule has 36 heavy (non-hydrogen) atoms. The molecule has 0 spiro atoms. The molecule has 5 rings (SSSR count). The van der Waals surface area contributed by atoms with Gasteiger partial charge in [0.25, 0.3) is 0 Å². The summed E-state index contributed by atoms with van der Waals surface area (Å²) in [4.78, 5) is 27.1. The Morgan fingerprint density at radius 3 is 2.53 bits per heavy atom. The molecule has 2 fully saturated rings. The number of benzene rings is 2. The number of carbonyl (C=O) groups is 2. The Kier molecular flexibility index (Phi) is 7.26. The summed E-state index contributed by atoms with van der Waals surface area (Å²) in [5.74, 6) is 1.38. The number of hydrogen-bond acceptors (Lipinski definition) is 7. The van der Waals surface area contributed by atoms with E-state index in [-0.39, 0.29) is 43.1 Å². The van der Waals surface area contributed by atoms with Gasteiger partial charge in [-0.2, -0.15) is 0 Å². The number of urea groups is 1. The highest BCUT2D eigenvalue weighted by atomic mass is 16.6. The third-order valence-corrected chi connectivity index (χ3v) is 6.87. The van der Waals surface area contributed by atoms with Crippen molar-refractivity contribution in [2.75, 3.05) is 50.7 Å². The van der Waals surface area contributed by atoms with Gasteiger partial charge in [-0.15, -0.1) is 0 Å². The fourth-order valence-electron chi connectivity index (χ4n) is 5.07. The number of amides is 3. The standard InChI is InChI=1S/C26H31N3O7/c1-33-18-5-2-16(3-6-18)27-26(32)28-17-4-7-22-20(12-17)21-13-19(35-23(15-30)25(21)36-22)14-24(31)29-8-10-34-11-9-29/h2-7,12,19,21,23,25,30H,8-11,13-15H2,1H3,(H2,27,28,32)/t19-,21-,23+,25+/m0/s1. The molecule has 0 aliphatic carbocycles. The number of aliphatic hydroxyl groups excluding tert-OH is 1. The molecule has 0 saturated carbocycles. The number of methoxy groups -OCH3 is 1. The van der Waals surface area contributed by atoms with Crippen LogP contribution in [0, 0.1) is 0 Å². The predicted molar refractivity (Wildman–Crippen MR) is 132 cm³/mol. The van der Waals surface area contributed by atoms with Crippen molar-refractivity contribution in [2.45, 2.75) is 37.1 Å². The first-order valence-electron chi connectivity index (χ1n) is 12.2. The van der Waals surface area contributed by atoms with Gasteiger partial charge in [-0.25, -0.2) is 4.79 Å². The second-order valence-corrected chi connectivity index (χ2v) is 9.16. The van der Waals surface area contributed by atoms with E-state index in [0.29, 0.717) is 55.6 Å². The van der Waals surface area contributed by atoms with Crippen molar-refractivity contribution in [3.05, 3.63) is 48.0 Å². The van der Waals surface area contributed by atoms with E-state index in [1.807, 2.05) is 12.1 Å². The van der Waals surface area contributed by atoms with Crippen molar-refractivity contribution >= 4 is 23.3 Å². The number of nitrogens with one attached hydrogen (secondary N) is 2. The molecule has 0 aromatic heterocycles. The van der Waals surface area contributed by atoms with Crippen molar-refractivity contribution in [3.8, 4) is 11.5 Å². The van der Waals surface area contributed by atoms with Crippen molar-refractivity contribution in [1.29, 1.82) is 0 Å². The molecule has 0 unspecified atom stereocenters. The Balaban J connectivity index is 1.26. The number of fused-ring (bicyclic) bond motifs is 3. The van der Waals surface area contributed by atoms with E-state index in [1.54, 1.807) is 42.3 Å². The highest BCUT2D eigenvalue weighted by molar-refractivity contribution is 5.99. The average Bonchev–Trinajstić information content (AvgIpc) is 3.27. The highest BCUT2D eigenvalue weighted by Gasteiger charge is 2.46. The lowest BCUT2D eigenvalue weighted by Gasteiger charge is -2.38. The van der Waals surface area contributed by atoms with Gasteiger partial charge in [-0.1, -0.05) is 0 Å². The van der Waals surface area contributed by atoms with Crippen LogP contribution < -0.4 is 20.1 Å². The Morgan fingerprint density at radius 2 is 1.81 bits per heavy atom. The molecule has 3 amide bonds. The molecule has 2 aromatic rings. The molecule has 192 valence electrons. The lowest BCUT2D eigenvalue weighted by molar-refractivity contribution is -0.151. The summed E-state index contributed by atoms with van der Waals surface area (Å²) < 4.78 is 22.7. The van der Waals surface area contributed by atoms with E-state index < -0.39 is 6.10 Å². The molecule has 4 atom stereocenters. The quantitative estimate of drug-likeness (QED) is 0.561. The molecule has 10 nitrogen and oxygen atoms in total. The first-order chi connectivity index (χ1) is 17.5. The summed E-state index contributed by atoms with van der Waals surface area (Å²) >= 11 is 0. The molecular formula is C26H31N3O7. The lowest BCUT2D eigenvalue weighted by atomic mass is 9.84. The van der Waals surface area contributed by atoms with Crippen molar-refractivity contribution in [3.63, 3.8) is 0 Å². The van der Waals surface area contributed by atoms with Gasteiger partial charge in [-0.3, -0.25) is 4.79 Å². The van der Waals surface area contributed by atoms with Gasteiger partial charge in [-0.05, 0) is 48.9 Å². The number of carbonyl (C=O) groups excluding carboxylic acids is 2. The van der Waals surface area contributed by atoms with Crippen molar-refractivity contribution in [2.24, 2.45) is 0 Å². The second kappa shape index (κ2) is 10.7. The maximum absolute atomic E-state index is 12.8. The number of morpholine rings is 1. The minimum Gasteiger partial charge on any atom is -0.497 e. The van der Waals surface area contributed by atoms with Gasteiger partial charge in [0.15, 0.2) is 0 Å². The number of anilines is 2. The zero-order valence-corrected chi connectivity index (χ0v) is 20.1. The number of ether oxygens (including phenoxy) is 4. The number of hydrogen-bond donors (Lipinski definition) is 3. The summed E-state index contributed by atoms with van der Waals surface area (Å²) in [6.45, 7) is 2.06. The van der Waals surface area contributed by atoms with Gasteiger partial charge >= 0.3 is 6.03 Å². The molecule has 10 heteroatoms. The molecule has 3 aliphatic rings. The lowest BCUT2D eigenvalue weighted by Crippen LogP contribution is -2.48. The van der Waals surface area contributed by atoms with Gasteiger partial charge in [0.05, 0.1) is 39.5 Å². The second-order valence-electron chi connectivity index (χ2n) is 9.16. The minimum absolute atomic E-state index is 0.0307. The normalized spacial score (nSPS) is 24.8. The van der Waals surface area contributed by atoms with Crippen LogP contribution >= 0.6 is 0 Å². The number of nitrogens with zero attached hydrogens (tertiary/aromatic N) is 1. The zero-order valence-electron chi connectivity index (χ0n) is 20.1. The fraction of sp³-hybridized carbons (Fsp3) is 0.462. The van der Waals surface area contributed by atoms with Crippen LogP contribution in [-0.4, -0.2) is 80.3 Å². The number of aliphatic hydroxyl groups is 1. The van der Waals surface area contributed by atoms with Gasteiger partial charge < -0.3 is 39.6 Å². The average molecular weight is 498 g/mol. The summed E-state index contributed by atoms with van der Waals surface area (Å²) in [7, 11) is 1.59. The molecule has 3 N–H and O–H groups in total. The van der Waals surface area contributed by atoms with Crippen LogP contribution in [0.25, 0.3) is 0 Å². The van der Waals surface area contributed by atoms with E-state index in [2.05, 4.69) is 10.6 Å². The van der Waals surface area contributed by atoms with E-state index in [0.717, 1.165) is 5.56 Å². The Labute approximate surface area is 209 Å². The SMILES string of the molecule is COc1ccc(NC(=O)Nc2ccc3c(c2)[C@@H]2C[C@@H](CC(=O)N4CCOCC4)O[C@H](CO)[C@@H]2O3)cc1. The maximum Gasteiger partial charge on any atom is 0.323 e. The van der Waals surface area contributed by atoms with E-state index >= 15 is 0 Å². The summed E-state index contributed by atoms with van der Waals surface area (Å²) in [6, 6.07) is 12.2. The molecule has 2 saturated heterocycles. The first-order valence-corrected chi connectivity index (χ1v) is 12.2. The minimum atomic E-state index is -0.534. The van der Waals surface area contributed by atoms with Gasteiger partial charge in [0, 0.05) is 35.9 Å². The van der Waals surface area contributed by atoms with Crippen LogP contribution in [0.1, 0.15) is 24.3 Å². The largest absolute Gasteiger partial charge is 0.497 e. The molecular weight excluding hydrogens is 466 g/mol. The Hall–Kier alpha value is -3.34. The van der Waals surface area contributed by atoms with Crippen LogP contribution in [0.5, 0.6) is 11.5 Å². The summed E-state index contributed by atoms with van der Waals surface area (Å²) in [5, 5.41) is 15.6. The van der Waals surface area contributed by atoms with Gasteiger partial charge in [0.2, 0.25) is 5.91 Å². The van der Waals surface area contributed by atoms with Crippen LogP contribution in [0.2, 0.25) is 0 Å². The maximum atomic E-state index is 12.8. The topological polar surface area (TPSA) is 119 Å².